The Morgan fingerprint density at radius 2 is 2.08 bits per heavy atom. The lowest BCUT2D eigenvalue weighted by molar-refractivity contribution is 0.286. The highest BCUT2D eigenvalue weighted by Gasteiger charge is 2.41. The van der Waals surface area contributed by atoms with E-state index in [0.717, 1.165) is 16.6 Å². The zero-order valence-electron chi connectivity index (χ0n) is 15.1. The summed E-state index contributed by atoms with van der Waals surface area (Å²) in [4.78, 5) is 6.79. The maximum absolute atomic E-state index is 5.69. The largest absolute Gasteiger partial charge is 0.467 e. The molecule has 4 rings (SSSR count). The summed E-state index contributed by atoms with van der Waals surface area (Å²) >= 11 is 5.69. The zero-order chi connectivity index (χ0) is 18.3. The van der Waals surface area contributed by atoms with Crippen LogP contribution in [0, 0.1) is 13.8 Å². The van der Waals surface area contributed by atoms with Crippen molar-refractivity contribution in [2.75, 3.05) is 0 Å². The SMILES string of the molecule is Cc1cc([C@@H]2[C@H](c3ccccn3)NC(=S)N2Cc2ccco2)c(C)n1C. The molecule has 1 aliphatic rings. The number of nitrogens with one attached hydrogen (secondary N) is 1. The third-order valence-electron chi connectivity index (χ3n) is 5.24. The predicted molar refractivity (Wildman–Crippen MR) is 105 cm³/mol. The first-order valence-electron chi connectivity index (χ1n) is 8.69. The van der Waals surface area contributed by atoms with Crippen LogP contribution in [0.15, 0.2) is 53.3 Å². The van der Waals surface area contributed by atoms with E-state index in [2.05, 4.69) is 52.8 Å². The Balaban J connectivity index is 1.79. The van der Waals surface area contributed by atoms with Gasteiger partial charge in [0, 0.05) is 24.6 Å². The second kappa shape index (κ2) is 6.61. The van der Waals surface area contributed by atoms with Crippen LogP contribution in [0.5, 0.6) is 0 Å². The second-order valence-corrected chi connectivity index (χ2v) is 7.11. The van der Waals surface area contributed by atoms with E-state index in [1.165, 1.54) is 17.0 Å². The Kier molecular flexibility index (Phi) is 4.28. The number of rotatable bonds is 4. The Morgan fingerprint density at radius 1 is 1.23 bits per heavy atom. The molecule has 2 atom stereocenters. The average Bonchev–Trinajstić information content (AvgIpc) is 3.33. The summed E-state index contributed by atoms with van der Waals surface area (Å²) in [6.07, 6.45) is 3.53. The van der Waals surface area contributed by atoms with Crippen LogP contribution >= 0.6 is 12.2 Å². The first-order chi connectivity index (χ1) is 12.6. The molecule has 0 unspecified atom stereocenters. The molecule has 0 saturated carbocycles. The molecule has 0 bridgehead atoms. The summed E-state index contributed by atoms with van der Waals surface area (Å²) in [5.41, 5.74) is 4.72. The maximum Gasteiger partial charge on any atom is 0.170 e. The van der Waals surface area contributed by atoms with Gasteiger partial charge in [-0.25, -0.2) is 0 Å². The van der Waals surface area contributed by atoms with E-state index in [1.54, 1.807) is 6.26 Å². The monoisotopic (exact) mass is 366 g/mol. The Hall–Kier alpha value is -2.60. The van der Waals surface area contributed by atoms with Crippen molar-refractivity contribution in [3.05, 3.63) is 77.3 Å². The van der Waals surface area contributed by atoms with Crippen molar-refractivity contribution in [2.24, 2.45) is 7.05 Å². The van der Waals surface area contributed by atoms with E-state index in [1.807, 2.05) is 30.5 Å². The molecular weight excluding hydrogens is 344 g/mol. The van der Waals surface area contributed by atoms with Gasteiger partial charge in [-0.15, -0.1) is 0 Å². The number of aromatic nitrogens is 2. The normalized spacial score (nSPS) is 19.8. The van der Waals surface area contributed by atoms with Crippen LogP contribution in [0.4, 0.5) is 0 Å². The Morgan fingerprint density at radius 3 is 2.69 bits per heavy atom. The van der Waals surface area contributed by atoms with E-state index in [-0.39, 0.29) is 12.1 Å². The molecule has 6 heteroatoms. The van der Waals surface area contributed by atoms with Crippen LogP contribution in [0.2, 0.25) is 0 Å². The fraction of sp³-hybridized carbons (Fsp3) is 0.300. The van der Waals surface area contributed by atoms with E-state index >= 15 is 0 Å². The quantitative estimate of drug-likeness (QED) is 0.712. The van der Waals surface area contributed by atoms with Gasteiger partial charge in [0.25, 0.3) is 0 Å². The third kappa shape index (κ3) is 2.80. The minimum Gasteiger partial charge on any atom is -0.467 e. The van der Waals surface area contributed by atoms with E-state index in [4.69, 9.17) is 16.6 Å². The van der Waals surface area contributed by atoms with Crippen LogP contribution in [0.3, 0.4) is 0 Å². The smallest absolute Gasteiger partial charge is 0.170 e. The van der Waals surface area contributed by atoms with Crippen molar-refractivity contribution in [1.29, 1.82) is 0 Å². The molecule has 0 amide bonds. The van der Waals surface area contributed by atoms with Gasteiger partial charge in [-0.05, 0) is 62.0 Å². The summed E-state index contributed by atoms with van der Waals surface area (Å²) in [6.45, 7) is 4.91. The minimum atomic E-state index is -0.000776. The average molecular weight is 366 g/mol. The summed E-state index contributed by atoms with van der Waals surface area (Å²) in [6, 6.07) is 12.2. The molecule has 0 aliphatic carbocycles. The number of aryl methyl sites for hydroxylation is 1. The number of thiocarbonyl (C=S) groups is 1. The zero-order valence-corrected chi connectivity index (χ0v) is 16.0. The fourth-order valence-corrected chi connectivity index (χ4v) is 3.97. The van der Waals surface area contributed by atoms with Crippen molar-refractivity contribution >= 4 is 17.3 Å². The van der Waals surface area contributed by atoms with Gasteiger partial charge in [0.1, 0.15) is 5.76 Å². The molecule has 0 spiro atoms. The van der Waals surface area contributed by atoms with Gasteiger partial charge in [-0.1, -0.05) is 6.07 Å². The van der Waals surface area contributed by atoms with Gasteiger partial charge in [-0.2, -0.15) is 0 Å². The van der Waals surface area contributed by atoms with Crippen molar-refractivity contribution in [3.63, 3.8) is 0 Å². The number of furan rings is 1. The lowest BCUT2D eigenvalue weighted by Gasteiger charge is -2.27. The Labute approximate surface area is 158 Å². The van der Waals surface area contributed by atoms with Gasteiger partial charge in [0.15, 0.2) is 5.11 Å². The van der Waals surface area contributed by atoms with Crippen molar-refractivity contribution < 1.29 is 4.42 Å². The van der Waals surface area contributed by atoms with Gasteiger partial charge in [-0.3, -0.25) is 4.98 Å². The topological polar surface area (TPSA) is 46.2 Å². The van der Waals surface area contributed by atoms with Gasteiger partial charge in [0.2, 0.25) is 0 Å². The predicted octanol–water partition coefficient (Wildman–Crippen LogP) is 3.80. The Bertz CT molecular complexity index is 917. The van der Waals surface area contributed by atoms with Crippen LogP contribution in [0.25, 0.3) is 0 Å². The highest BCUT2D eigenvalue weighted by Crippen LogP contribution is 2.41. The van der Waals surface area contributed by atoms with Gasteiger partial charge >= 0.3 is 0 Å². The molecule has 26 heavy (non-hydrogen) atoms. The molecule has 1 saturated heterocycles. The van der Waals surface area contributed by atoms with Crippen LogP contribution in [-0.2, 0) is 13.6 Å². The van der Waals surface area contributed by atoms with E-state index in [0.29, 0.717) is 6.54 Å². The van der Waals surface area contributed by atoms with Crippen molar-refractivity contribution in [3.8, 4) is 0 Å². The number of nitrogens with zero attached hydrogens (tertiary/aromatic N) is 3. The van der Waals surface area contributed by atoms with Crippen molar-refractivity contribution in [1.82, 2.24) is 19.8 Å². The molecule has 1 aliphatic heterocycles. The highest BCUT2D eigenvalue weighted by molar-refractivity contribution is 7.80. The first-order valence-corrected chi connectivity index (χ1v) is 9.10. The minimum absolute atomic E-state index is 0.000776. The number of hydrogen-bond donors (Lipinski definition) is 1. The molecule has 0 radical (unpaired) electrons. The number of pyridine rings is 1. The number of hydrogen-bond acceptors (Lipinski definition) is 3. The van der Waals surface area contributed by atoms with Crippen LogP contribution in [-0.4, -0.2) is 19.6 Å². The maximum atomic E-state index is 5.69. The van der Waals surface area contributed by atoms with Crippen LogP contribution < -0.4 is 5.32 Å². The van der Waals surface area contributed by atoms with Gasteiger partial charge < -0.3 is 19.2 Å². The molecule has 1 N–H and O–H groups in total. The molecule has 1 fully saturated rings. The molecular formula is C20H22N4OS. The standard InChI is InChI=1S/C20H22N4OS/c1-13-11-16(14(2)23(13)3)19-18(17-8-4-5-9-21-17)22-20(26)24(19)12-15-7-6-10-25-15/h4-11,18-19H,12H2,1-3H3,(H,22,26)/t18-,19+/m0/s1. The highest BCUT2D eigenvalue weighted by atomic mass is 32.1. The van der Waals surface area contributed by atoms with E-state index < -0.39 is 0 Å². The lowest BCUT2D eigenvalue weighted by atomic mass is 9.96. The molecule has 3 aromatic heterocycles. The van der Waals surface area contributed by atoms with E-state index in [9.17, 15) is 0 Å². The summed E-state index contributed by atoms with van der Waals surface area (Å²) < 4.78 is 7.80. The lowest BCUT2D eigenvalue weighted by Crippen LogP contribution is -2.29. The van der Waals surface area contributed by atoms with Crippen molar-refractivity contribution in [2.45, 2.75) is 32.5 Å². The fourth-order valence-electron chi connectivity index (χ4n) is 3.67. The molecule has 4 heterocycles. The van der Waals surface area contributed by atoms with Gasteiger partial charge in [0.05, 0.1) is 30.6 Å². The molecule has 3 aromatic rings. The summed E-state index contributed by atoms with van der Waals surface area (Å²) in [5, 5.41) is 4.21. The summed E-state index contributed by atoms with van der Waals surface area (Å²) in [5.74, 6) is 0.895. The second-order valence-electron chi connectivity index (χ2n) is 6.72. The molecule has 5 nitrogen and oxygen atoms in total. The first kappa shape index (κ1) is 16.8. The summed E-state index contributed by atoms with van der Waals surface area (Å²) in [7, 11) is 2.10. The van der Waals surface area contributed by atoms with Crippen LogP contribution in [0.1, 0.15) is 40.5 Å². The molecule has 0 aromatic carbocycles. The molecule has 134 valence electrons. The third-order valence-corrected chi connectivity index (χ3v) is 5.59.